The Morgan fingerprint density at radius 2 is 2.05 bits per heavy atom. The number of rotatable bonds is 4. The molecule has 0 bridgehead atoms. The smallest absolute Gasteiger partial charge is 0.242 e. The summed E-state index contributed by atoms with van der Waals surface area (Å²) in [5.74, 6) is 0.979. The molecule has 0 aromatic heterocycles. The first-order valence-corrected chi connectivity index (χ1v) is 7.26. The zero-order valence-corrected chi connectivity index (χ0v) is 13.3. The van der Waals surface area contributed by atoms with Crippen LogP contribution in [0.1, 0.15) is 25.0 Å². The van der Waals surface area contributed by atoms with E-state index in [0.717, 1.165) is 36.5 Å². The molecule has 0 unspecified atom stereocenters. The van der Waals surface area contributed by atoms with Gasteiger partial charge in [-0.3, -0.25) is 9.69 Å². The molecule has 1 heterocycles. The summed E-state index contributed by atoms with van der Waals surface area (Å²) in [5, 5.41) is 0. The molecule has 1 aliphatic rings. The van der Waals surface area contributed by atoms with Crippen molar-refractivity contribution in [3.8, 4) is 5.75 Å². The summed E-state index contributed by atoms with van der Waals surface area (Å²) in [6.07, 6.45) is 0. The van der Waals surface area contributed by atoms with Crippen molar-refractivity contribution in [3.63, 3.8) is 0 Å². The summed E-state index contributed by atoms with van der Waals surface area (Å²) >= 11 is 0. The molecule has 2 N–H and O–H groups in total. The molecular weight excluding hydrogens is 266 g/mol. The van der Waals surface area contributed by atoms with Crippen molar-refractivity contribution in [3.05, 3.63) is 29.3 Å². The number of methoxy groups -OCH3 is 1. The molecule has 1 aromatic rings. The quantitative estimate of drug-likeness (QED) is 0.906. The number of carbonyl (C=O) groups is 1. The molecule has 2 rings (SSSR count). The summed E-state index contributed by atoms with van der Waals surface area (Å²) < 4.78 is 5.38. The predicted molar refractivity (Wildman–Crippen MR) is 83.0 cm³/mol. The molecule has 116 valence electrons. The van der Waals surface area contributed by atoms with E-state index in [1.165, 1.54) is 0 Å². The van der Waals surface area contributed by atoms with E-state index in [2.05, 4.69) is 11.0 Å². The molecular formula is C16H25N3O2. The number of ether oxygens (including phenoxy) is 1. The van der Waals surface area contributed by atoms with Crippen molar-refractivity contribution in [1.29, 1.82) is 0 Å². The Hall–Kier alpha value is -1.59. The van der Waals surface area contributed by atoms with Gasteiger partial charge in [-0.15, -0.1) is 0 Å². The number of likely N-dealkylation sites (N-methyl/N-ethyl adjacent to an activating group) is 1. The lowest BCUT2D eigenvalue weighted by molar-refractivity contribution is -0.147. The summed E-state index contributed by atoms with van der Waals surface area (Å²) in [6.45, 7) is 6.79. The van der Waals surface area contributed by atoms with Gasteiger partial charge in [0.15, 0.2) is 0 Å². The highest BCUT2D eigenvalue weighted by Gasteiger charge is 2.40. The molecule has 1 saturated heterocycles. The third kappa shape index (κ3) is 3.04. The second kappa shape index (κ2) is 6.03. The van der Waals surface area contributed by atoms with Crippen molar-refractivity contribution in [2.75, 3.05) is 27.2 Å². The maximum absolute atomic E-state index is 12.3. The van der Waals surface area contributed by atoms with Crippen LogP contribution in [0, 0.1) is 0 Å². The first-order valence-electron chi connectivity index (χ1n) is 7.26. The lowest BCUT2D eigenvalue weighted by atomic mass is 9.96. The highest BCUT2D eigenvalue weighted by Crippen LogP contribution is 2.26. The number of hydrogen-bond acceptors (Lipinski definition) is 4. The molecule has 0 aliphatic carbocycles. The minimum absolute atomic E-state index is 0.166. The number of benzene rings is 1. The van der Waals surface area contributed by atoms with Crippen LogP contribution in [0.5, 0.6) is 5.75 Å². The van der Waals surface area contributed by atoms with Gasteiger partial charge in [0.25, 0.3) is 0 Å². The molecule has 21 heavy (non-hydrogen) atoms. The van der Waals surface area contributed by atoms with E-state index in [4.69, 9.17) is 10.5 Å². The number of amides is 1. The van der Waals surface area contributed by atoms with Crippen LogP contribution in [0.4, 0.5) is 0 Å². The maximum atomic E-state index is 12.3. The van der Waals surface area contributed by atoms with Gasteiger partial charge in [0.2, 0.25) is 5.91 Å². The molecule has 1 amide bonds. The van der Waals surface area contributed by atoms with Gasteiger partial charge in [0.05, 0.1) is 12.6 Å². The molecule has 1 aliphatic heterocycles. The van der Waals surface area contributed by atoms with Crippen LogP contribution in [-0.2, 0) is 17.9 Å². The predicted octanol–water partition coefficient (Wildman–Crippen LogP) is 1.21. The number of carbonyl (C=O) groups excluding carboxylic acids is 1. The lowest BCUT2D eigenvalue weighted by Gasteiger charge is -2.44. The van der Waals surface area contributed by atoms with Crippen LogP contribution in [0.15, 0.2) is 18.2 Å². The normalized spacial score (nSPS) is 18.9. The fourth-order valence-electron chi connectivity index (χ4n) is 2.81. The zero-order valence-electron chi connectivity index (χ0n) is 13.3. The molecule has 0 saturated carbocycles. The number of nitrogens with two attached hydrogens (primary N) is 1. The van der Waals surface area contributed by atoms with Crippen LogP contribution in [-0.4, -0.2) is 48.5 Å². The standard InChI is InChI=1S/C16H25N3O2/c1-16(2)15(20)18(3)7-8-19(16)11-12-5-6-13(10-17)14(9-12)21-4/h5-6,9H,7-8,10-11,17H2,1-4H3. The molecule has 0 spiro atoms. The first kappa shape index (κ1) is 15.8. The monoisotopic (exact) mass is 291 g/mol. The fourth-order valence-corrected chi connectivity index (χ4v) is 2.81. The Kier molecular flexibility index (Phi) is 4.54. The Morgan fingerprint density at radius 3 is 2.67 bits per heavy atom. The second-order valence-electron chi connectivity index (χ2n) is 6.06. The van der Waals surface area contributed by atoms with Crippen LogP contribution in [0.25, 0.3) is 0 Å². The highest BCUT2D eigenvalue weighted by atomic mass is 16.5. The summed E-state index contributed by atoms with van der Waals surface area (Å²) in [5.41, 5.74) is 7.35. The van der Waals surface area contributed by atoms with Gasteiger partial charge in [-0.25, -0.2) is 0 Å². The Labute approximate surface area is 126 Å². The van der Waals surface area contributed by atoms with Crippen LogP contribution < -0.4 is 10.5 Å². The summed E-state index contributed by atoms with van der Waals surface area (Å²) in [7, 11) is 3.52. The lowest BCUT2D eigenvalue weighted by Crippen LogP contribution is -2.61. The summed E-state index contributed by atoms with van der Waals surface area (Å²) in [4.78, 5) is 16.3. The van der Waals surface area contributed by atoms with Crippen molar-refractivity contribution in [1.82, 2.24) is 9.80 Å². The van der Waals surface area contributed by atoms with E-state index in [1.807, 2.05) is 33.0 Å². The molecule has 0 atom stereocenters. The third-order valence-corrected chi connectivity index (χ3v) is 4.31. The van der Waals surface area contributed by atoms with Crippen LogP contribution >= 0.6 is 0 Å². The highest BCUT2D eigenvalue weighted by molar-refractivity contribution is 5.86. The first-order chi connectivity index (χ1) is 9.90. The van der Waals surface area contributed by atoms with Crippen molar-refractivity contribution >= 4 is 5.91 Å². The Bertz CT molecular complexity index is 528. The van der Waals surface area contributed by atoms with Crippen LogP contribution in [0.2, 0.25) is 0 Å². The van der Waals surface area contributed by atoms with Gasteiger partial charge in [-0.1, -0.05) is 12.1 Å². The van der Waals surface area contributed by atoms with E-state index < -0.39 is 5.54 Å². The van der Waals surface area contributed by atoms with Gasteiger partial charge in [-0.05, 0) is 25.5 Å². The Morgan fingerprint density at radius 1 is 1.33 bits per heavy atom. The van der Waals surface area contributed by atoms with E-state index in [-0.39, 0.29) is 5.91 Å². The minimum atomic E-state index is -0.479. The third-order valence-electron chi connectivity index (χ3n) is 4.31. The summed E-state index contributed by atoms with van der Waals surface area (Å²) in [6, 6.07) is 6.07. The van der Waals surface area contributed by atoms with E-state index >= 15 is 0 Å². The van der Waals surface area contributed by atoms with E-state index in [0.29, 0.717) is 6.54 Å². The topological polar surface area (TPSA) is 58.8 Å². The van der Waals surface area contributed by atoms with Crippen LogP contribution in [0.3, 0.4) is 0 Å². The van der Waals surface area contributed by atoms with Crippen molar-refractivity contribution in [2.45, 2.75) is 32.5 Å². The van der Waals surface area contributed by atoms with Gasteiger partial charge in [0, 0.05) is 38.8 Å². The zero-order chi connectivity index (χ0) is 15.6. The fraction of sp³-hybridized carbons (Fsp3) is 0.562. The van der Waals surface area contributed by atoms with Gasteiger partial charge in [0.1, 0.15) is 5.75 Å². The van der Waals surface area contributed by atoms with Gasteiger partial charge >= 0.3 is 0 Å². The van der Waals surface area contributed by atoms with E-state index in [1.54, 1.807) is 12.0 Å². The Balaban J connectivity index is 2.20. The molecule has 1 fully saturated rings. The van der Waals surface area contributed by atoms with Gasteiger partial charge < -0.3 is 15.4 Å². The average molecular weight is 291 g/mol. The van der Waals surface area contributed by atoms with Crippen molar-refractivity contribution in [2.24, 2.45) is 5.73 Å². The SMILES string of the molecule is COc1cc(CN2CCN(C)C(=O)C2(C)C)ccc1CN. The molecule has 0 radical (unpaired) electrons. The average Bonchev–Trinajstić information content (AvgIpc) is 2.48. The maximum Gasteiger partial charge on any atom is 0.242 e. The minimum Gasteiger partial charge on any atom is -0.496 e. The molecule has 5 heteroatoms. The second-order valence-corrected chi connectivity index (χ2v) is 6.06. The van der Waals surface area contributed by atoms with Crippen molar-refractivity contribution < 1.29 is 9.53 Å². The number of piperazine rings is 1. The molecule has 5 nitrogen and oxygen atoms in total. The van der Waals surface area contributed by atoms with E-state index in [9.17, 15) is 4.79 Å². The van der Waals surface area contributed by atoms with Gasteiger partial charge in [-0.2, -0.15) is 0 Å². The largest absolute Gasteiger partial charge is 0.496 e. The molecule has 1 aromatic carbocycles. The number of nitrogens with zero attached hydrogens (tertiary/aromatic N) is 2. The number of hydrogen-bond donors (Lipinski definition) is 1.